The Hall–Kier alpha value is -1.14. The minimum absolute atomic E-state index is 0.531. The van der Waals surface area contributed by atoms with Gasteiger partial charge in [-0.2, -0.15) is 9.36 Å². The molecule has 0 aliphatic carbocycles. The quantitative estimate of drug-likeness (QED) is 0.884. The number of hydrogen-bond donors (Lipinski definition) is 1. The van der Waals surface area contributed by atoms with Gasteiger partial charge in [-0.15, -0.1) is 0 Å². The van der Waals surface area contributed by atoms with E-state index in [0.29, 0.717) is 16.6 Å². The number of nitrogen functional groups attached to an aromatic ring is 1. The van der Waals surface area contributed by atoms with E-state index in [4.69, 9.17) is 10.5 Å². The van der Waals surface area contributed by atoms with Crippen LogP contribution in [0.1, 0.15) is 12.7 Å². The average Bonchev–Trinajstić information content (AvgIpc) is 2.73. The molecule has 0 radical (unpaired) electrons. The number of rotatable bonds is 3. The van der Waals surface area contributed by atoms with Gasteiger partial charge in [0.25, 0.3) is 5.19 Å². The fourth-order valence-corrected chi connectivity index (χ4v) is 2.10. The molecule has 0 amide bonds. The molecule has 0 atom stereocenters. The molecule has 1 heterocycles. The van der Waals surface area contributed by atoms with Gasteiger partial charge in [0.05, 0.1) is 4.47 Å². The van der Waals surface area contributed by atoms with Gasteiger partial charge < -0.3 is 10.5 Å². The van der Waals surface area contributed by atoms with Crippen LogP contribution in [0.5, 0.6) is 10.9 Å². The smallest absolute Gasteiger partial charge is 0.298 e. The summed E-state index contributed by atoms with van der Waals surface area (Å²) < 4.78 is 10.5. The van der Waals surface area contributed by atoms with Gasteiger partial charge in [-0.3, -0.25) is 0 Å². The van der Waals surface area contributed by atoms with Gasteiger partial charge >= 0.3 is 0 Å². The summed E-state index contributed by atoms with van der Waals surface area (Å²) in [5, 5.41) is 0.531. The molecule has 0 saturated carbocycles. The van der Waals surface area contributed by atoms with Gasteiger partial charge in [0.2, 0.25) is 0 Å². The SMILES string of the molecule is CCc1nsc(Oc2cccc(N)c2Br)n1. The zero-order chi connectivity index (χ0) is 11.5. The largest absolute Gasteiger partial charge is 0.429 e. The van der Waals surface area contributed by atoms with Crippen molar-refractivity contribution < 1.29 is 4.74 Å². The Bertz CT molecular complexity index is 501. The van der Waals surface area contributed by atoms with Crippen molar-refractivity contribution >= 4 is 33.1 Å². The van der Waals surface area contributed by atoms with E-state index in [0.717, 1.165) is 16.7 Å². The van der Waals surface area contributed by atoms with Crippen molar-refractivity contribution in [2.24, 2.45) is 0 Å². The maximum atomic E-state index is 5.75. The van der Waals surface area contributed by atoms with Crippen LogP contribution in [0.15, 0.2) is 22.7 Å². The third kappa shape index (κ3) is 2.33. The van der Waals surface area contributed by atoms with Crippen LogP contribution in [0.3, 0.4) is 0 Å². The Labute approximate surface area is 106 Å². The summed E-state index contributed by atoms with van der Waals surface area (Å²) in [6, 6.07) is 5.46. The summed E-state index contributed by atoms with van der Waals surface area (Å²) in [6.45, 7) is 2.00. The van der Waals surface area contributed by atoms with Crippen LogP contribution in [0.4, 0.5) is 5.69 Å². The van der Waals surface area contributed by atoms with E-state index in [1.807, 2.05) is 19.1 Å². The number of ether oxygens (including phenoxy) is 1. The standard InChI is InChI=1S/C10H10BrN3OS/c1-2-8-13-10(16-14-8)15-7-5-3-4-6(12)9(7)11/h3-5H,2,12H2,1H3. The molecular weight excluding hydrogens is 290 g/mol. The van der Waals surface area contributed by atoms with Crippen molar-refractivity contribution in [2.75, 3.05) is 5.73 Å². The van der Waals surface area contributed by atoms with Gasteiger partial charge in [0.1, 0.15) is 11.6 Å². The number of halogens is 1. The summed E-state index contributed by atoms with van der Waals surface area (Å²) in [5.74, 6) is 1.44. The summed E-state index contributed by atoms with van der Waals surface area (Å²) in [6.07, 6.45) is 0.804. The predicted octanol–water partition coefficient (Wildman–Crippen LogP) is 3.24. The lowest BCUT2D eigenvalue weighted by atomic mass is 10.3. The van der Waals surface area contributed by atoms with Crippen LogP contribution < -0.4 is 10.5 Å². The highest BCUT2D eigenvalue weighted by Gasteiger charge is 2.08. The molecule has 2 rings (SSSR count). The highest BCUT2D eigenvalue weighted by molar-refractivity contribution is 9.10. The molecule has 0 saturated heterocycles. The van der Waals surface area contributed by atoms with E-state index in [-0.39, 0.29) is 0 Å². The lowest BCUT2D eigenvalue weighted by Gasteiger charge is -2.05. The summed E-state index contributed by atoms with van der Waals surface area (Å²) in [5.41, 5.74) is 6.38. The normalized spacial score (nSPS) is 10.4. The van der Waals surface area contributed by atoms with Crippen LogP contribution in [0, 0.1) is 0 Å². The first kappa shape index (κ1) is 11.3. The van der Waals surface area contributed by atoms with Crippen molar-refractivity contribution in [3.05, 3.63) is 28.5 Å². The first-order chi connectivity index (χ1) is 7.70. The number of hydrogen-bond acceptors (Lipinski definition) is 5. The molecule has 4 nitrogen and oxygen atoms in total. The van der Waals surface area contributed by atoms with Crippen LogP contribution in [-0.2, 0) is 6.42 Å². The predicted molar refractivity (Wildman–Crippen MR) is 67.9 cm³/mol. The second kappa shape index (κ2) is 4.80. The van der Waals surface area contributed by atoms with Gasteiger partial charge in [-0.05, 0) is 28.1 Å². The molecule has 1 aromatic carbocycles. The van der Waals surface area contributed by atoms with Gasteiger partial charge in [-0.25, -0.2) is 0 Å². The Morgan fingerprint density at radius 1 is 1.50 bits per heavy atom. The zero-order valence-corrected chi connectivity index (χ0v) is 11.0. The minimum Gasteiger partial charge on any atom is -0.429 e. The minimum atomic E-state index is 0.531. The molecule has 0 bridgehead atoms. The lowest BCUT2D eigenvalue weighted by Crippen LogP contribution is -1.90. The Kier molecular flexibility index (Phi) is 3.40. The summed E-state index contributed by atoms with van der Waals surface area (Å²) in [4.78, 5) is 4.22. The van der Waals surface area contributed by atoms with E-state index in [2.05, 4.69) is 25.3 Å². The first-order valence-corrected chi connectivity index (χ1v) is 6.31. The van der Waals surface area contributed by atoms with Gasteiger partial charge in [-0.1, -0.05) is 13.0 Å². The summed E-state index contributed by atoms with van der Waals surface area (Å²) >= 11 is 4.61. The third-order valence-electron chi connectivity index (χ3n) is 1.96. The van der Waals surface area contributed by atoms with Crippen LogP contribution in [0.2, 0.25) is 0 Å². The molecule has 84 valence electrons. The van der Waals surface area contributed by atoms with Crippen LogP contribution in [0.25, 0.3) is 0 Å². The molecule has 1 aromatic heterocycles. The van der Waals surface area contributed by atoms with Gasteiger partial charge in [0, 0.05) is 23.6 Å². The average molecular weight is 300 g/mol. The van der Waals surface area contributed by atoms with Crippen molar-refractivity contribution in [1.29, 1.82) is 0 Å². The Morgan fingerprint density at radius 2 is 2.31 bits per heavy atom. The molecule has 2 aromatic rings. The van der Waals surface area contributed by atoms with Crippen molar-refractivity contribution in [3.8, 4) is 10.9 Å². The number of anilines is 1. The van der Waals surface area contributed by atoms with Crippen LogP contribution in [-0.4, -0.2) is 9.36 Å². The molecule has 2 N–H and O–H groups in total. The van der Waals surface area contributed by atoms with Crippen molar-refractivity contribution in [3.63, 3.8) is 0 Å². The third-order valence-corrected chi connectivity index (χ3v) is 3.44. The first-order valence-electron chi connectivity index (χ1n) is 4.75. The number of benzene rings is 1. The Morgan fingerprint density at radius 3 is 3.00 bits per heavy atom. The van der Waals surface area contributed by atoms with Crippen molar-refractivity contribution in [2.45, 2.75) is 13.3 Å². The van der Waals surface area contributed by atoms with E-state index in [1.165, 1.54) is 11.5 Å². The maximum Gasteiger partial charge on any atom is 0.298 e. The second-order valence-electron chi connectivity index (χ2n) is 3.09. The highest BCUT2D eigenvalue weighted by atomic mass is 79.9. The number of nitrogens with two attached hydrogens (primary N) is 1. The van der Waals surface area contributed by atoms with Gasteiger partial charge in [0.15, 0.2) is 0 Å². The number of nitrogens with zero attached hydrogens (tertiary/aromatic N) is 2. The highest BCUT2D eigenvalue weighted by Crippen LogP contribution is 2.34. The summed E-state index contributed by atoms with van der Waals surface area (Å²) in [7, 11) is 0. The molecule has 0 aliphatic heterocycles. The molecular formula is C10H10BrN3OS. The lowest BCUT2D eigenvalue weighted by molar-refractivity contribution is 0.474. The Balaban J connectivity index is 2.23. The second-order valence-corrected chi connectivity index (χ2v) is 4.60. The molecule has 16 heavy (non-hydrogen) atoms. The monoisotopic (exact) mass is 299 g/mol. The maximum absolute atomic E-state index is 5.75. The number of aromatic nitrogens is 2. The molecule has 0 aliphatic rings. The van der Waals surface area contributed by atoms with Crippen molar-refractivity contribution in [1.82, 2.24) is 9.36 Å². The molecule has 6 heteroatoms. The zero-order valence-electron chi connectivity index (χ0n) is 8.61. The van der Waals surface area contributed by atoms with E-state index >= 15 is 0 Å². The molecule has 0 spiro atoms. The van der Waals surface area contributed by atoms with E-state index in [1.54, 1.807) is 6.07 Å². The fourth-order valence-electron chi connectivity index (χ4n) is 1.12. The van der Waals surface area contributed by atoms with E-state index in [9.17, 15) is 0 Å². The number of aryl methyl sites for hydroxylation is 1. The topological polar surface area (TPSA) is 61.0 Å². The molecule has 0 unspecified atom stereocenters. The van der Waals surface area contributed by atoms with Crippen LogP contribution >= 0.6 is 27.5 Å². The fraction of sp³-hybridized carbons (Fsp3) is 0.200. The molecule has 0 fully saturated rings. The van der Waals surface area contributed by atoms with E-state index < -0.39 is 0 Å².